The van der Waals surface area contributed by atoms with E-state index in [0.29, 0.717) is 13.2 Å². The Morgan fingerprint density at radius 1 is 1.03 bits per heavy atom. The molecule has 0 aliphatic carbocycles. The summed E-state index contributed by atoms with van der Waals surface area (Å²) in [6.45, 7) is 3.86. The molecule has 0 bridgehead atoms. The van der Waals surface area contributed by atoms with Crippen LogP contribution in [0.15, 0.2) is 60.7 Å². The van der Waals surface area contributed by atoms with Crippen LogP contribution in [0.2, 0.25) is 0 Å². The number of carbonyl (C=O) groups excluding carboxylic acids is 1. The van der Waals surface area contributed by atoms with Crippen molar-refractivity contribution in [3.8, 4) is 0 Å². The van der Waals surface area contributed by atoms with Crippen molar-refractivity contribution in [2.75, 3.05) is 13.1 Å². The van der Waals surface area contributed by atoms with Crippen LogP contribution >= 0.6 is 0 Å². The minimum Gasteiger partial charge on any atom is -0.365 e. The lowest BCUT2D eigenvalue weighted by Crippen LogP contribution is -2.44. The average molecular weight is 418 g/mol. The fraction of sp³-hybridized carbons (Fsp3) is 0.375. The lowest BCUT2D eigenvalue weighted by atomic mass is 10.0. The van der Waals surface area contributed by atoms with Crippen molar-refractivity contribution < 1.29 is 9.53 Å². The second-order valence-corrected chi connectivity index (χ2v) is 8.27. The van der Waals surface area contributed by atoms with E-state index in [-0.39, 0.29) is 18.1 Å². The van der Waals surface area contributed by atoms with Crippen LogP contribution in [0.5, 0.6) is 0 Å². The van der Waals surface area contributed by atoms with E-state index in [1.165, 1.54) is 5.56 Å². The Kier molecular flexibility index (Phi) is 5.78. The maximum Gasteiger partial charge on any atom is 0.251 e. The van der Waals surface area contributed by atoms with Crippen molar-refractivity contribution in [3.63, 3.8) is 0 Å². The molecule has 31 heavy (non-hydrogen) atoms. The number of amides is 1. The van der Waals surface area contributed by atoms with Crippen LogP contribution in [-0.2, 0) is 24.4 Å². The molecule has 0 saturated carbocycles. The van der Waals surface area contributed by atoms with Crippen LogP contribution in [0.1, 0.15) is 46.3 Å². The number of hydrogen-bond acceptors (Lipinski definition) is 5. The zero-order valence-electron chi connectivity index (χ0n) is 17.5. The molecular weight excluding hydrogens is 390 g/mol. The molecule has 1 fully saturated rings. The van der Waals surface area contributed by atoms with Gasteiger partial charge in [0.15, 0.2) is 0 Å². The highest BCUT2D eigenvalue weighted by Gasteiger charge is 2.27. The molecule has 3 aromatic rings. The van der Waals surface area contributed by atoms with E-state index in [0.717, 1.165) is 49.4 Å². The molecule has 7 heteroatoms. The largest absolute Gasteiger partial charge is 0.365 e. The molecule has 2 aromatic carbocycles. The van der Waals surface area contributed by atoms with Gasteiger partial charge in [0.05, 0.1) is 18.8 Å². The topological polar surface area (TPSA) is 72.3 Å². The van der Waals surface area contributed by atoms with Gasteiger partial charge < -0.3 is 10.1 Å². The number of piperidine rings is 1. The van der Waals surface area contributed by atoms with Crippen LogP contribution < -0.4 is 5.32 Å². The predicted molar refractivity (Wildman–Crippen MR) is 116 cm³/mol. The Labute approximate surface area is 182 Å². The Morgan fingerprint density at radius 3 is 2.48 bits per heavy atom. The summed E-state index contributed by atoms with van der Waals surface area (Å²) in [6, 6.07) is 19.9. The van der Waals surface area contributed by atoms with Crippen molar-refractivity contribution in [2.24, 2.45) is 0 Å². The molecule has 2 aliphatic rings. The number of hydrogen-bond donors (Lipinski definition) is 1. The highest BCUT2D eigenvalue weighted by molar-refractivity contribution is 5.94. The number of fused-ring (bicyclic) bond motifs is 1. The molecular formula is C24H27N5O2. The van der Waals surface area contributed by atoms with E-state index in [9.17, 15) is 4.79 Å². The van der Waals surface area contributed by atoms with Crippen LogP contribution in [0.4, 0.5) is 0 Å². The summed E-state index contributed by atoms with van der Waals surface area (Å²) in [7, 11) is 0. The monoisotopic (exact) mass is 417 g/mol. The number of carbonyl (C=O) groups is 1. The normalized spacial score (nSPS) is 19.7. The Hall–Kier alpha value is -3.03. The van der Waals surface area contributed by atoms with Gasteiger partial charge in [-0.1, -0.05) is 53.7 Å². The maximum absolute atomic E-state index is 12.4. The Balaban J connectivity index is 1.14. The fourth-order valence-corrected chi connectivity index (χ4v) is 4.36. The molecule has 7 nitrogen and oxygen atoms in total. The van der Waals surface area contributed by atoms with Crippen molar-refractivity contribution in [3.05, 3.63) is 83.2 Å². The number of nitrogens with one attached hydrogen (secondary N) is 1. The van der Waals surface area contributed by atoms with Gasteiger partial charge in [0.2, 0.25) is 0 Å². The van der Waals surface area contributed by atoms with E-state index >= 15 is 0 Å². The molecule has 1 N–H and O–H groups in total. The van der Waals surface area contributed by atoms with Gasteiger partial charge in [0.25, 0.3) is 5.91 Å². The van der Waals surface area contributed by atoms with E-state index in [1.807, 2.05) is 53.2 Å². The number of benzene rings is 2. The first-order valence-corrected chi connectivity index (χ1v) is 10.9. The standard InChI is InChI=1S/C24H27N5O2/c30-24(19-9-5-2-6-10-19)25-20-11-13-28(14-12-20)15-21-22-17-31-23(16-29(22)27-26-21)18-7-3-1-4-8-18/h1-10,20,23H,11-17H2,(H,25,30). The van der Waals surface area contributed by atoms with E-state index in [1.54, 1.807) is 0 Å². The van der Waals surface area contributed by atoms with E-state index < -0.39 is 0 Å². The van der Waals surface area contributed by atoms with Crippen LogP contribution in [0.25, 0.3) is 0 Å². The summed E-state index contributed by atoms with van der Waals surface area (Å²) in [5.74, 6) is 0.0107. The van der Waals surface area contributed by atoms with Crippen LogP contribution in [0.3, 0.4) is 0 Å². The van der Waals surface area contributed by atoms with Gasteiger partial charge in [-0.25, -0.2) is 4.68 Å². The molecule has 0 spiro atoms. The third-order valence-electron chi connectivity index (χ3n) is 6.18. The average Bonchev–Trinajstić information content (AvgIpc) is 3.23. The first-order valence-electron chi connectivity index (χ1n) is 10.9. The lowest BCUT2D eigenvalue weighted by molar-refractivity contribution is -0.00216. The number of ether oxygens (including phenoxy) is 1. The summed E-state index contributed by atoms with van der Waals surface area (Å²) in [5, 5.41) is 12.0. The number of rotatable bonds is 5. The van der Waals surface area contributed by atoms with Crippen molar-refractivity contribution in [1.29, 1.82) is 0 Å². The maximum atomic E-state index is 12.4. The quantitative estimate of drug-likeness (QED) is 0.691. The van der Waals surface area contributed by atoms with Gasteiger partial charge in [-0.2, -0.15) is 0 Å². The van der Waals surface area contributed by atoms with Gasteiger partial charge in [-0.3, -0.25) is 9.69 Å². The van der Waals surface area contributed by atoms with Crippen molar-refractivity contribution >= 4 is 5.91 Å². The lowest BCUT2D eigenvalue weighted by Gasteiger charge is -2.32. The van der Waals surface area contributed by atoms with Crippen molar-refractivity contribution in [2.45, 2.75) is 44.7 Å². The molecule has 0 radical (unpaired) electrons. The third-order valence-corrected chi connectivity index (χ3v) is 6.18. The minimum atomic E-state index is 0.0107. The molecule has 1 unspecified atom stereocenters. The summed E-state index contributed by atoms with van der Waals surface area (Å²) in [5.41, 5.74) is 3.96. The molecule has 5 rings (SSSR count). The summed E-state index contributed by atoms with van der Waals surface area (Å²) < 4.78 is 8.10. The molecule has 160 valence electrons. The molecule has 1 aromatic heterocycles. The number of aromatic nitrogens is 3. The SMILES string of the molecule is O=C(NC1CCN(Cc2nnn3c2COC(c2ccccc2)C3)CC1)c1ccccc1. The third kappa shape index (κ3) is 4.52. The summed E-state index contributed by atoms with van der Waals surface area (Å²) in [4.78, 5) is 14.8. The second kappa shape index (κ2) is 8.99. The summed E-state index contributed by atoms with van der Waals surface area (Å²) >= 11 is 0. The van der Waals surface area contributed by atoms with Crippen molar-refractivity contribution in [1.82, 2.24) is 25.2 Å². The fourth-order valence-electron chi connectivity index (χ4n) is 4.36. The van der Waals surface area contributed by atoms with Gasteiger partial charge in [0.1, 0.15) is 11.8 Å². The van der Waals surface area contributed by atoms with Gasteiger partial charge in [-0.15, -0.1) is 5.10 Å². The predicted octanol–water partition coefficient (Wildman–Crippen LogP) is 2.94. The summed E-state index contributed by atoms with van der Waals surface area (Å²) in [6.07, 6.45) is 1.90. The Bertz CT molecular complexity index is 1010. The minimum absolute atomic E-state index is 0.0107. The molecule has 1 atom stereocenters. The van der Waals surface area contributed by atoms with Gasteiger partial charge >= 0.3 is 0 Å². The van der Waals surface area contributed by atoms with Gasteiger partial charge in [-0.05, 0) is 30.5 Å². The zero-order valence-corrected chi connectivity index (χ0v) is 17.5. The first kappa shape index (κ1) is 19.9. The van der Waals surface area contributed by atoms with Crippen LogP contribution in [-0.4, -0.2) is 44.9 Å². The smallest absolute Gasteiger partial charge is 0.251 e. The molecule has 1 amide bonds. The second-order valence-electron chi connectivity index (χ2n) is 8.27. The van der Waals surface area contributed by atoms with E-state index in [4.69, 9.17) is 4.74 Å². The zero-order chi connectivity index (χ0) is 21.0. The first-order chi connectivity index (χ1) is 15.3. The Morgan fingerprint density at radius 2 is 1.74 bits per heavy atom. The van der Waals surface area contributed by atoms with Gasteiger partial charge in [0, 0.05) is 31.2 Å². The molecule has 2 aliphatic heterocycles. The highest BCUT2D eigenvalue weighted by Crippen LogP contribution is 2.27. The van der Waals surface area contributed by atoms with Crippen LogP contribution in [0, 0.1) is 0 Å². The highest BCUT2D eigenvalue weighted by atomic mass is 16.5. The van der Waals surface area contributed by atoms with E-state index in [2.05, 4.69) is 32.7 Å². The molecule has 3 heterocycles. The molecule has 1 saturated heterocycles. The number of nitrogens with zero attached hydrogens (tertiary/aromatic N) is 4. The number of likely N-dealkylation sites (tertiary alicyclic amines) is 1.